The lowest BCUT2D eigenvalue weighted by atomic mass is 9.92. The Kier molecular flexibility index (Phi) is 23.4. The van der Waals surface area contributed by atoms with E-state index in [-0.39, 0.29) is 7.43 Å². The van der Waals surface area contributed by atoms with Gasteiger partial charge in [-0.05, 0) is 38.0 Å². The van der Waals surface area contributed by atoms with Crippen LogP contribution in [0.5, 0.6) is 0 Å². The highest BCUT2D eigenvalue weighted by Gasteiger charge is 2.21. The highest BCUT2D eigenvalue weighted by Crippen LogP contribution is 2.34. The molecule has 1 aliphatic rings. The van der Waals surface area contributed by atoms with E-state index in [2.05, 4.69) is 26.0 Å². The van der Waals surface area contributed by atoms with Crippen molar-refractivity contribution in [2.24, 2.45) is 11.8 Å². The molecule has 0 aromatic rings. The second kappa shape index (κ2) is 18.1. The van der Waals surface area contributed by atoms with E-state index in [9.17, 15) is 0 Å². The summed E-state index contributed by atoms with van der Waals surface area (Å²) in [6.07, 6.45) is 13.1. The Bertz CT molecular complexity index is 135. The molecule has 0 N–H and O–H groups in total. The van der Waals surface area contributed by atoms with Crippen molar-refractivity contribution in [3.05, 3.63) is 12.2 Å². The van der Waals surface area contributed by atoms with E-state index in [1.54, 1.807) is 0 Å². The summed E-state index contributed by atoms with van der Waals surface area (Å²) in [5.74, 6) is 2.06. The first-order valence-corrected chi connectivity index (χ1v) is 7.45. The van der Waals surface area contributed by atoms with Gasteiger partial charge >= 0.3 is 0 Å². The minimum absolute atomic E-state index is 0. The van der Waals surface area contributed by atoms with Crippen molar-refractivity contribution in [2.75, 3.05) is 0 Å². The zero-order valence-electron chi connectivity index (χ0n) is 12.6. The number of hydrogen-bond acceptors (Lipinski definition) is 0. The fourth-order valence-electron chi connectivity index (χ4n) is 2.32. The predicted octanol–water partition coefficient (Wildman–Crippen LogP) is 6.86. The molecule has 0 aromatic heterocycles. The first-order valence-electron chi connectivity index (χ1n) is 7.45. The summed E-state index contributed by atoms with van der Waals surface area (Å²) in [5.41, 5.74) is 0. The molecular weight excluding hydrogens is 204 g/mol. The molecule has 0 nitrogen and oxygen atoms in total. The topological polar surface area (TPSA) is 0 Å². The van der Waals surface area contributed by atoms with Crippen LogP contribution in [0.2, 0.25) is 0 Å². The van der Waals surface area contributed by atoms with Gasteiger partial charge < -0.3 is 0 Å². The molecule has 17 heavy (non-hydrogen) atoms. The van der Waals surface area contributed by atoms with Gasteiger partial charge in [0, 0.05) is 0 Å². The Morgan fingerprint density at radius 3 is 2.06 bits per heavy atom. The van der Waals surface area contributed by atoms with E-state index in [4.69, 9.17) is 0 Å². The van der Waals surface area contributed by atoms with Gasteiger partial charge in [-0.1, -0.05) is 73.5 Å². The standard InChI is InChI=1S/C12H22.2C2H6.CH4/c1-3-4-5-6-9-12-10-7-8-11(12)2;2*1-2;/h3-4,11-12H,5-10H2,1-2H3;2*1-2H3;1H4/b4-3+;;;. The maximum Gasteiger partial charge on any atom is -0.0351 e. The third-order valence-electron chi connectivity index (χ3n) is 3.22. The summed E-state index contributed by atoms with van der Waals surface area (Å²) in [7, 11) is 0. The molecule has 0 aromatic carbocycles. The Hall–Kier alpha value is -0.260. The summed E-state index contributed by atoms with van der Waals surface area (Å²) in [4.78, 5) is 0. The molecular formula is C17H38. The molecule has 0 radical (unpaired) electrons. The zero-order chi connectivity index (χ0) is 12.8. The molecule has 2 atom stereocenters. The Balaban J connectivity index is -0.000000355. The fourth-order valence-corrected chi connectivity index (χ4v) is 2.32. The lowest BCUT2D eigenvalue weighted by molar-refractivity contribution is 0.383. The van der Waals surface area contributed by atoms with E-state index in [0.717, 1.165) is 11.8 Å². The van der Waals surface area contributed by atoms with Crippen molar-refractivity contribution in [2.45, 2.75) is 87.5 Å². The van der Waals surface area contributed by atoms with Gasteiger partial charge in [-0.3, -0.25) is 0 Å². The summed E-state index contributed by atoms with van der Waals surface area (Å²) < 4.78 is 0. The van der Waals surface area contributed by atoms with Gasteiger partial charge in [0.1, 0.15) is 0 Å². The molecule has 0 bridgehead atoms. The van der Waals surface area contributed by atoms with E-state index < -0.39 is 0 Å². The van der Waals surface area contributed by atoms with Gasteiger partial charge in [0.05, 0.1) is 0 Å². The molecule has 0 saturated heterocycles. The molecule has 1 saturated carbocycles. The SMILES string of the molecule is C.C/C=C/CCCC1CCCC1C.CC.CC. The average molecular weight is 242 g/mol. The molecule has 0 amide bonds. The van der Waals surface area contributed by atoms with E-state index in [1.165, 1.54) is 38.5 Å². The summed E-state index contributed by atoms with van der Waals surface area (Å²) in [5, 5.41) is 0. The van der Waals surface area contributed by atoms with Crippen molar-refractivity contribution in [3.63, 3.8) is 0 Å². The zero-order valence-corrected chi connectivity index (χ0v) is 12.6. The van der Waals surface area contributed by atoms with Gasteiger partial charge in [-0.25, -0.2) is 0 Å². The Labute approximate surface area is 112 Å². The molecule has 0 aliphatic heterocycles. The number of rotatable bonds is 4. The lowest BCUT2D eigenvalue weighted by Crippen LogP contribution is -2.02. The lowest BCUT2D eigenvalue weighted by Gasteiger charge is -2.13. The summed E-state index contributed by atoms with van der Waals surface area (Å²) in [6, 6.07) is 0. The van der Waals surface area contributed by atoms with Gasteiger partial charge in [-0.15, -0.1) is 0 Å². The highest BCUT2D eigenvalue weighted by molar-refractivity contribution is 4.79. The van der Waals surface area contributed by atoms with Crippen LogP contribution < -0.4 is 0 Å². The predicted molar refractivity (Wildman–Crippen MR) is 84.6 cm³/mol. The molecule has 1 fully saturated rings. The molecule has 0 spiro atoms. The molecule has 0 heterocycles. The second-order valence-electron chi connectivity index (χ2n) is 4.17. The fraction of sp³-hybridized carbons (Fsp3) is 0.882. The summed E-state index contributed by atoms with van der Waals surface area (Å²) in [6.45, 7) is 12.5. The molecule has 1 rings (SSSR count). The van der Waals surface area contributed by atoms with Crippen LogP contribution in [0.3, 0.4) is 0 Å². The van der Waals surface area contributed by atoms with Crippen LogP contribution in [-0.2, 0) is 0 Å². The maximum atomic E-state index is 2.42. The summed E-state index contributed by atoms with van der Waals surface area (Å²) >= 11 is 0. The van der Waals surface area contributed by atoms with Crippen molar-refractivity contribution >= 4 is 0 Å². The van der Waals surface area contributed by atoms with Crippen molar-refractivity contribution < 1.29 is 0 Å². The third kappa shape index (κ3) is 12.0. The van der Waals surface area contributed by atoms with Crippen LogP contribution in [0.15, 0.2) is 12.2 Å². The van der Waals surface area contributed by atoms with Crippen molar-refractivity contribution in [1.29, 1.82) is 0 Å². The Morgan fingerprint density at radius 2 is 1.65 bits per heavy atom. The van der Waals surface area contributed by atoms with Crippen LogP contribution in [0, 0.1) is 11.8 Å². The Morgan fingerprint density at radius 1 is 1.06 bits per heavy atom. The molecule has 1 aliphatic carbocycles. The highest BCUT2D eigenvalue weighted by atomic mass is 14.3. The van der Waals surface area contributed by atoms with Gasteiger partial charge in [0.2, 0.25) is 0 Å². The normalized spacial score (nSPS) is 22.0. The van der Waals surface area contributed by atoms with E-state index in [0.29, 0.717) is 0 Å². The second-order valence-corrected chi connectivity index (χ2v) is 4.17. The first-order chi connectivity index (χ1) is 7.84. The smallest absolute Gasteiger partial charge is 0.0351 e. The van der Waals surface area contributed by atoms with Crippen LogP contribution >= 0.6 is 0 Å². The van der Waals surface area contributed by atoms with Gasteiger partial charge in [0.25, 0.3) is 0 Å². The van der Waals surface area contributed by atoms with Crippen LogP contribution in [0.1, 0.15) is 87.5 Å². The van der Waals surface area contributed by atoms with Gasteiger partial charge in [-0.2, -0.15) is 0 Å². The van der Waals surface area contributed by atoms with Gasteiger partial charge in [0.15, 0.2) is 0 Å². The minimum Gasteiger partial charge on any atom is -0.0917 e. The van der Waals surface area contributed by atoms with Crippen molar-refractivity contribution in [1.82, 2.24) is 0 Å². The number of unbranched alkanes of at least 4 members (excludes halogenated alkanes) is 1. The minimum atomic E-state index is 0. The van der Waals surface area contributed by atoms with Crippen molar-refractivity contribution in [3.8, 4) is 0 Å². The molecule has 0 heteroatoms. The molecule has 2 unspecified atom stereocenters. The van der Waals surface area contributed by atoms with Crippen LogP contribution in [0.4, 0.5) is 0 Å². The van der Waals surface area contributed by atoms with E-state index in [1.807, 2.05) is 27.7 Å². The van der Waals surface area contributed by atoms with E-state index >= 15 is 0 Å². The monoisotopic (exact) mass is 242 g/mol. The third-order valence-corrected chi connectivity index (χ3v) is 3.22. The number of allylic oxidation sites excluding steroid dienone is 2. The maximum absolute atomic E-state index is 2.42. The molecule has 106 valence electrons. The number of hydrogen-bond donors (Lipinski definition) is 0. The van der Waals surface area contributed by atoms with Crippen LogP contribution in [0.25, 0.3) is 0 Å². The largest absolute Gasteiger partial charge is 0.0917 e. The van der Waals surface area contributed by atoms with Crippen LogP contribution in [-0.4, -0.2) is 0 Å². The average Bonchev–Trinajstić information content (AvgIpc) is 2.76. The first kappa shape index (κ1) is 22.0. The quantitative estimate of drug-likeness (QED) is 0.373.